The van der Waals surface area contributed by atoms with Crippen molar-refractivity contribution in [1.29, 1.82) is 0 Å². The third-order valence-electron chi connectivity index (χ3n) is 19.6. The van der Waals surface area contributed by atoms with Gasteiger partial charge in [-0.1, -0.05) is 73.1 Å². The van der Waals surface area contributed by atoms with E-state index in [1.54, 1.807) is 6.08 Å². The van der Waals surface area contributed by atoms with E-state index < -0.39 is 240 Å². The Kier molecular flexibility index (Phi) is 35.1. The molecule has 0 aromatic rings. The van der Waals surface area contributed by atoms with E-state index in [0.717, 1.165) is 64.0 Å². The summed E-state index contributed by atoms with van der Waals surface area (Å²) in [5, 5.41) is 129. The Hall–Kier alpha value is -5.54. The van der Waals surface area contributed by atoms with E-state index >= 15 is 0 Å². The van der Waals surface area contributed by atoms with Gasteiger partial charge in [-0.05, 0) is 98.3 Å². The summed E-state index contributed by atoms with van der Waals surface area (Å²) in [5.74, 6) is -7.09. The number of hydrogen-bond acceptors (Lipinski definition) is 32. The number of primary amides is 2. The Labute approximate surface area is 630 Å². The summed E-state index contributed by atoms with van der Waals surface area (Å²) in [7, 11) is -5.70. The van der Waals surface area contributed by atoms with Crippen LogP contribution in [0.15, 0.2) is 59.3 Å². The van der Waals surface area contributed by atoms with Crippen molar-refractivity contribution in [2.75, 3.05) is 33.0 Å². The van der Waals surface area contributed by atoms with Crippen LogP contribution in [0.1, 0.15) is 133 Å². The summed E-state index contributed by atoms with van der Waals surface area (Å²) in [6.45, 7) is 17.4. The fourth-order valence-corrected chi connectivity index (χ4v) is 14.1. The van der Waals surface area contributed by atoms with Gasteiger partial charge in [0.05, 0.1) is 38.1 Å². The topological polar surface area (TPSA) is 587 Å². The van der Waals surface area contributed by atoms with Gasteiger partial charge in [0.2, 0.25) is 17.7 Å². The van der Waals surface area contributed by atoms with Crippen LogP contribution in [0.3, 0.4) is 0 Å². The number of carbonyl (C=O) groups is 7. The number of amides is 5. The molecule has 0 bridgehead atoms. The maximum Gasteiger partial charge on any atom is 0.474 e. The van der Waals surface area contributed by atoms with Crippen LogP contribution >= 0.6 is 7.82 Å². The molecule has 0 aromatic heterocycles. The van der Waals surface area contributed by atoms with E-state index in [9.17, 15) is 99.3 Å². The molecular weight excluding hydrogens is 1470 g/mol. The van der Waals surface area contributed by atoms with Gasteiger partial charge in [0.25, 0.3) is 5.91 Å². The predicted octanol–water partition coefficient (Wildman–Crippen LogP) is -1.79. The largest absolute Gasteiger partial charge is 0.474 e. The van der Waals surface area contributed by atoms with Crippen molar-refractivity contribution in [2.45, 2.75) is 292 Å². The molecule has 0 radical (unpaired) electrons. The molecular formula is C70H112N5O33P. The SMILES string of the molecule is C=C(CC=C(C)CCC=C(C)C)CCC(C)(C)C=CCCC(C)=CCOC(COO)COP(=O)(O)OC1OC(C(N)=O)C(C)(O)C(OC(N)=O)C1OC1OC(COC2CC(CO)C(O)C(O)C2O)C(OC2OC(C)C(OC3OC(C(=O)NC4C(=O)CCC4=O)C(O)C(O)C3O)C(O)C2NC(C)=O)C(O)C1NC(C)=O. The highest BCUT2D eigenvalue weighted by Crippen LogP contribution is 2.49. The maximum atomic E-state index is 14.2. The molecule has 6 rings (SSSR count). The van der Waals surface area contributed by atoms with E-state index in [2.05, 4.69) is 86.3 Å². The lowest BCUT2D eigenvalue weighted by atomic mass is 9.81. The van der Waals surface area contributed by atoms with Gasteiger partial charge in [-0.3, -0.25) is 43.1 Å². The monoisotopic (exact) mass is 1580 g/mol. The zero-order valence-corrected chi connectivity index (χ0v) is 63.6. The van der Waals surface area contributed by atoms with Crippen LogP contribution in [0.25, 0.3) is 0 Å². The number of nitrogens with one attached hydrogen (secondary N) is 3. The molecule has 0 aromatic carbocycles. The van der Waals surface area contributed by atoms with E-state index in [4.69, 9.17) is 67.9 Å². The second-order valence-electron chi connectivity index (χ2n) is 29.6. The number of nitrogens with two attached hydrogens (primary N) is 2. The van der Waals surface area contributed by atoms with E-state index in [1.165, 1.54) is 18.1 Å². The van der Waals surface area contributed by atoms with Crippen LogP contribution in [0.2, 0.25) is 0 Å². The number of phosphoric acid groups is 1. The number of ether oxygens (including phenoxy) is 10. The lowest BCUT2D eigenvalue weighted by molar-refractivity contribution is -0.371. The third-order valence-corrected chi connectivity index (χ3v) is 20.6. The lowest BCUT2D eigenvalue weighted by Crippen LogP contribution is -2.72. The van der Waals surface area contributed by atoms with E-state index in [1.807, 2.05) is 6.92 Å². The van der Waals surface area contributed by atoms with E-state index in [0.29, 0.717) is 12.8 Å². The summed E-state index contributed by atoms with van der Waals surface area (Å²) < 4.78 is 84.7. The minimum absolute atomic E-state index is 0.113. The number of allylic oxidation sites excluding steroid dienone is 8. The molecule has 27 unspecified atom stereocenters. The first kappa shape index (κ1) is 92.3. The number of rotatable bonds is 38. The predicted molar refractivity (Wildman–Crippen MR) is 375 cm³/mol. The van der Waals surface area contributed by atoms with Gasteiger partial charge in [0.1, 0.15) is 97.5 Å². The first-order chi connectivity index (χ1) is 51.0. The molecule has 6 aliphatic rings. The second kappa shape index (κ2) is 41.5. The molecule has 27 atom stereocenters. The Bertz CT molecular complexity index is 3240. The van der Waals surface area contributed by atoms with Crippen LogP contribution in [0.5, 0.6) is 0 Å². The quantitative estimate of drug-likeness (QED) is 0.0107. The van der Waals surface area contributed by atoms with Crippen molar-refractivity contribution in [2.24, 2.45) is 22.8 Å². The molecule has 620 valence electrons. The van der Waals surface area contributed by atoms with E-state index in [-0.39, 0.29) is 31.3 Å². The number of ketones is 2. The van der Waals surface area contributed by atoms with Gasteiger partial charge in [0.15, 0.2) is 61.1 Å². The van der Waals surface area contributed by atoms with Gasteiger partial charge in [-0.2, -0.15) is 0 Å². The molecule has 0 spiro atoms. The Morgan fingerprint density at radius 1 is 0.716 bits per heavy atom. The first-order valence-corrected chi connectivity index (χ1v) is 37.5. The van der Waals surface area contributed by atoms with Crippen LogP contribution in [-0.2, 0) is 94.6 Å². The van der Waals surface area contributed by atoms with Gasteiger partial charge in [-0.15, -0.1) is 0 Å². The molecule has 4 aliphatic heterocycles. The van der Waals surface area contributed by atoms with Crippen molar-refractivity contribution >= 4 is 49.1 Å². The fourth-order valence-electron chi connectivity index (χ4n) is 13.3. The van der Waals surface area contributed by atoms with Crippen LogP contribution in [0.4, 0.5) is 4.79 Å². The van der Waals surface area contributed by atoms with Crippen molar-refractivity contribution in [3.05, 3.63) is 59.3 Å². The maximum absolute atomic E-state index is 14.2. The summed E-state index contributed by atoms with van der Waals surface area (Å²) in [5.41, 5.74) is 12.8. The number of aliphatic hydroxyl groups excluding tert-OH is 9. The smallest absolute Gasteiger partial charge is 0.440 e. The highest BCUT2D eigenvalue weighted by Gasteiger charge is 2.62. The summed E-state index contributed by atoms with van der Waals surface area (Å²) in [6, 6.07) is -5.51. The average Bonchev–Trinajstić information content (AvgIpc) is 1.09. The van der Waals surface area contributed by atoms with Crippen molar-refractivity contribution in [3.8, 4) is 0 Å². The normalized spacial score (nSPS) is 35.8. The minimum atomic E-state index is -5.70. The minimum Gasteiger partial charge on any atom is -0.440 e. The van der Waals surface area contributed by atoms with Gasteiger partial charge in [-0.25, -0.2) is 14.2 Å². The van der Waals surface area contributed by atoms with Crippen molar-refractivity contribution in [1.82, 2.24) is 16.0 Å². The van der Waals surface area contributed by atoms with Gasteiger partial charge in [0, 0.05) is 39.2 Å². The molecule has 2 aliphatic carbocycles. The third kappa shape index (κ3) is 26.0. The molecule has 39 heteroatoms. The zero-order valence-electron chi connectivity index (χ0n) is 62.8. The Morgan fingerprint density at radius 2 is 1.30 bits per heavy atom. The molecule has 5 amide bonds. The van der Waals surface area contributed by atoms with Crippen molar-refractivity contribution in [3.63, 3.8) is 0 Å². The molecule has 4 heterocycles. The highest BCUT2D eigenvalue weighted by atomic mass is 31.2. The van der Waals surface area contributed by atoms with Gasteiger partial charge < -0.3 is 131 Å². The molecule has 4 saturated heterocycles. The Morgan fingerprint density at radius 3 is 1.90 bits per heavy atom. The van der Waals surface area contributed by atoms with Crippen LogP contribution in [0, 0.1) is 11.3 Å². The summed E-state index contributed by atoms with van der Waals surface area (Å²) >= 11 is 0. The van der Waals surface area contributed by atoms with Gasteiger partial charge >= 0.3 is 13.9 Å². The second-order valence-corrected chi connectivity index (χ2v) is 31.0. The summed E-state index contributed by atoms with van der Waals surface area (Å²) in [6.07, 6.45) is -31.1. The van der Waals surface area contributed by atoms with Crippen LogP contribution < -0.4 is 27.4 Å². The molecule has 6 fully saturated rings. The Balaban J connectivity index is 1.24. The number of aliphatic hydroxyl groups is 10. The standard InChI is InChI=1S/C70H112N5O33P/c1-32(2)15-14-17-33(3)18-19-35(5)22-25-69(9,10)24-13-12-16-34(4)23-26-96-40(29-98-93)30-99-109(94,95)108-67-59(60(107-68(72)91)70(11,92)61(106-67)62(71)89)105-65-47(74-38(8)78)51(84)57(44(101-65)31-97-43-27-39(28-76)48(81)52(85)49(43)82)103-64-46(73-37(7)77)50(83)56(36(6)100-64)102-66-55(88)53(86)54(87)58(104-66)63(90)75-45-41(79)20-21-42(45)80/h13,15,18,23-24,36,39-40,43-61,64-67,76,81-88,92-93H,5,12,14,16-17,19-22,25-31H2,1-4,6-11H3,(H2,71,89)(H2,72,91)(H,73,77)(H,74,78)(H,75,90)(H,94,95). The fraction of sp³-hybridized carbons (Fsp3) is 0.757. The lowest BCUT2D eigenvalue weighted by Gasteiger charge is -2.52. The first-order valence-electron chi connectivity index (χ1n) is 36.0. The average molecular weight is 1580 g/mol. The summed E-state index contributed by atoms with van der Waals surface area (Å²) in [4.78, 5) is 106. The van der Waals surface area contributed by atoms with Crippen molar-refractivity contribution < 1.29 is 161 Å². The number of carbonyl (C=O) groups excluding carboxylic acids is 7. The zero-order chi connectivity index (χ0) is 81.3. The molecule has 19 N–H and O–H groups in total. The molecule has 2 saturated carbocycles. The molecule has 38 nitrogen and oxygen atoms in total. The molecule has 109 heavy (non-hydrogen) atoms. The number of Topliss-reactive ketones (excluding diaryl/α,β-unsaturated/α-hetero) is 2. The number of hydrogen-bond donors (Lipinski definition) is 17. The highest BCUT2D eigenvalue weighted by molar-refractivity contribution is 7.47. The van der Waals surface area contributed by atoms with Crippen LogP contribution in [-0.4, -0.2) is 294 Å². The number of phosphoric ester groups is 1.